The van der Waals surface area contributed by atoms with Gasteiger partial charge in [-0.2, -0.15) is 5.26 Å². The minimum atomic E-state index is -0.569. The van der Waals surface area contributed by atoms with E-state index in [0.29, 0.717) is 13.2 Å². The Bertz CT molecular complexity index is 500. The van der Waals surface area contributed by atoms with Gasteiger partial charge in [-0.15, -0.1) is 0 Å². The SMILES string of the molecule is COCCCNC(=O)C(C)Nc1ccc(C#N)cc1F. The summed E-state index contributed by atoms with van der Waals surface area (Å²) in [6.07, 6.45) is 0.722. The highest BCUT2D eigenvalue weighted by Crippen LogP contribution is 2.16. The van der Waals surface area contributed by atoms with Crippen LogP contribution in [0, 0.1) is 17.1 Å². The first-order valence-corrected chi connectivity index (χ1v) is 6.31. The molecule has 6 heteroatoms. The topological polar surface area (TPSA) is 74.2 Å². The normalized spacial score (nSPS) is 11.5. The molecular weight excluding hydrogens is 261 g/mol. The van der Waals surface area contributed by atoms with Crippen molar-refractivity contribution in [1.82, 2.24) is 5.32 Å². The predicted molar refractivity (Wildman–Crippen MR) is 73.7 cm³/mol. The van der Waals surface area contributed by atoms with Gasteiger partial charge in [0.2, 0.25) is 5.91 Å². The molecule has 108 valence electrons. The molecule has 1 aromatic carbocycles. The number of methoxy groups -OCH3 is 1. The Morgan fingerprint density at radius 3 is 2.90 bits per heavy atom. The maximum Gasteiger partial charge on any atom is 0.242 e. The maximum absolute atomic E-state index is 13.7. The molecule has 1 rings (SSSR count). The van der Waals surface area contributed by atoms with Crippen LogP contribution in [0.25, 0.3) is 0 Å². The average molecular weight is 279 g/mol. The lowest BCUT2D eigenvalue weighted by molar-refractivity contribution is -0.121. The Morgan fingerprint density at radius 1 is 1.55 bits per heavy atom. The molecule has 1 atom stereocenters. The lowest BCUT2D eigenvalue weighted by Gasteiger charge is -2.15. The Kier molecular flexibility index (Phi) is 6.47. The fourth-order valence-corrected chi connectivity index (χ4v) is 1.58. The molecule has 0 aliphatic carbocycles. The number of hydrogen-bond donors (Lipinski definition) is 2. The third-order valence-corrected chi connectivity index (χ3v) is 2.69. The maximum atomic E-state index is 13.7. The standard InChI is InChI=1S/C14H18FN3O2/c1-10(14(19)17-6-3-7-20-2)18-13-5-4-11(9-16)8-12(13)15/h4-5,8,10,18H,3,6-7H2,1-2H3,(H,17,19). The minimum absolute atomic E-state index is 0.198. The largest absolute Gasteiger partial charge is 0.385 e. The monoisotopic (exact) mass is 279 g/mol. The van der Waals surface area contributed by atoms with Crippen LogP contribution in [-0.2, 0) is 9.53 Å². The number of carbonyl (C=O) groups is 1. The summed E-state index contributed by atoms with van der Waals surface area (Å²) in [5.41, 5.74) is 0.438. The fraction of sp³-hybridized carbons (Fsp3) is 0.429. The van der Waals surface area contributed by atoms with Crippen molar-refractivity contribution < 1.29 is 13.9 Å². The summed E-state index contributed by atoms with van der Waals surface area (Å²) >= 11 is 0. The van der Waals surface area contributed by atoms with Gasteiger partial charge in [-0.3, -0.25) is 4.79 Å². The van der Waals surface area contributed by atoms with Crippen LogP contribution >= 0.6 is 0 Å². The van der Waals surface area contributed by atoms with Crippen molar-refractivity contribution in [2.75, 3.05) is 25.6 Å². The number of halogens is 1. The first-order chi connectivity index (χ1) is 9.58. The number of nitrogens with one attached hydrogen (secondary N) is 2. The summed E-state index contributed by atoms with van der Waals surface area (Å²) < 4.78 is 18.5. The third-order valence-electron chi connectivity index (χ3n) is 2.69. The van der Waals surface area contributed by atoms with Crippen LogP contribution in [0.1, 0.15) is 18.9 Å². The number of rotatable bonds is 7. The van der Waals surface area contributed by atoms with Gasteiger partial charge in [0.1, 0.15) is 11.9 Å². The molecule has 0 aromatic heterocycles. The lowest BCUT2D eigenvalue weighted by Crippen LogP contribution is -2.38. The Hall–Kier alpha value is -2.13. The number of nitrogens with zero attached hydrogens (tertiary/aromatic N) is 1. The van der Waals surface area contributed by atoms with E-state index in [1.807, 2.05) is 6.07 Å². The number of benzene rings is 1. The number of ether oxygens (including phenoxy) is 1. The number of hydrogen-bond acceptors (Lipinski definition) is 4. The fourth-order valence-electron chi connectivity index (χ4n) is 1.58. The molecular formula is C14H18FN3O2. The Labute approximate surface area is 117 Å². The van der Waals surface area contributed by atoms with Crippen LogP contribution < -0.4 is 10.6 Å². The molecule has 0 bridgehead atoms. The second kappa shape index (κ2) is 8.12. The van der Waals surface area contributed by atoms with Crippen LogP contribution in [0.15, 0.2) is 18.2 Å². The first-order valence-electron chi connectivity index (χ1n) is 6.31. The molecule has 0 radical (unpaired) electrons. The van der Waals surface area contributed by atoms with Crippen molar-refractivity contribution >= 4 is 11.6 Å². The van der Waals surface area contributed by atoms with Crippen LogP contribution in [0.3, 0.4) is 0 Å². The predicted octanol–water partition coefficient (Wildman–Crippen LogP) is 1.65. The number of carbonyl (C=O) groups excluding carboxylic acids is 1. The van der Waals surface area contributed by atoms with Gasteiger partial charge in [0.15, 0.2) is 0 Å². The number of anilines is 1. The highest BCUT2D eigenvalue weighted by molar-refractivity contribution is 5.84. The van der Waals surface area contributed by atoms with Crippen molar-refractivity contribution in [3.8, 4) is 6.07 Å². The van der Waals surface area contributed by atoms with Gasteiger partial charge in [0.05, 0.1) is 17.3 Å². The van der Waals surface area contributed by atoms with Gasteiger partial charge in [0.25, 0.3) is 0 Å². The highest BCUT2D eigenvalue weighted by atomic mass is 19.1. The molecule has 0 saturated carbocycles. The van der Waals surface area contributed by atoms with Crippen LogP contribution in [-0.4, -0.2) is 32.2 Å². The summed E-state index contributed by atoms with van der Waals surface area (Å²) in [7, 11) is 1.60. The molecule has 0 aliphatic heterocycles. The minimum Gasteiger partial charge on any atom is -0.385 e. The number of amides is 1. The van der Waals surface area contributed by atoms with Crippen LogP contribution in [0.2, 0.25) is 0 Å². The second-order valence-corrected chi connectivity index (χ2v) is 4.31. The van der Waals surface area contributed by atoms with Crippen molar-refractivity contribution in [1.29, 1.82) is 5.26 Å². The van der Waals surface area contributed by atoms with E-state index in [0.717, 1.165) is 12.5 Å². The molecule has 1 aromatic rings. The number of nitriles is 1. The summed E-state index contributed by atoms with van der Waals surface area (Å²) in [5.74, 6) is -0.770. The average Bonchev–Trinajstić information content (AvgIpc) is 2.45. The summed E-state index contributed by atoms with van der Waals surface area (Å²) in [6.45, 7) is 2.73. The zero-order valence-corrected chi connectivity index (χ0v) is 11.6. The molecule has 1 amide bonds. The van der Waals surface area contributed by atoms with E-state index >= 15 is 0 Å². The van der Waals surface area contributed by atoms with E-state index in [1.165, 1.54) is 12.1 Å². The van der Waals surface area contributed by atoms with Crippen LogP contribution in [0.5, 0.6) is 0 Å². The molecule has 5 nitrogen and oxygen atoms in total. The Morgan fingerprint density at radius 2 is 2.30 bits per heavy atom. The van der Waals surface area contributed by atoms with Gasteiger partial charge >= 0.3 is 0 Å². The van der Waals surface area contributed by atoms with E-state index in [1.54, 1.807) is 14.0 Å². The zero-order valence-electron chi connectivity index (χ0n) is 11.6. The van der Waals surface area contributed by atoms with Crippen LogP contribution in [0.4, 0.5) is 10.1 Å². The van der Waals surface area contributed by atoms with Crippen molar-refractivity contribution in [2.45, 2.75) is 19.4 Å². The van der Waals surface area contributed by atoms with Gasteiger partial charge in [-0.05, 0) is 31.5 Å². The van der Waals surface area contributed by atoms with Gasteiger partial charge in [0, 0.05) is 20.3 Å². The van der Waals surface area contributed by atoms with Crippen molar-refractivity contribution in [3.05, 3.63) is 29.6 Å². The van der Waals surface area contributed by atoms with E-state index < -0.39 is 11.9 Å². The zero-order chi connectivity index (χ0) is 15.0. The van der Waals surface area contributed by atoms with Gasteiger partial charge in [-0.25, -0.2) is 4.39 Å². The molecule has 2 N–H and O–H groups in total. The van der Waals surface area contributed by atoms with Gasteiger partial charge in [-0.1, -0.05) is 0 Å². The van der Waals surface area contributed by atoms with E-state index in [2.05, 4.69) is 10.6 Å². The van der Waals surface area contributed by atoms with Gasteiger partial charge < -0.3 is 15.4 Å². The molecule has 0 fully saturated rings. The summed E-state index contributed by atoms with van der Waals surface area (Å²) in [5, 5.41) is 14.2. The Balaban J connectivity index is 2.51. The summed E-state index contributed by atoms with van der Waals surface area (Å²) in [6, 6.07) is 5.35. The summed E-state index contributed by atoms with van der Waals surface area (Å²) in [4.78, 5) is 11.8. The molecule has 0 heterocycles. The third kappa shape index (κ3) is 4.86. The lowest BCUT2D eigenvalue weighted by atomic mass is 10.2. The van der Waals surface area contributed by atoms with E-state index in [9.17, 15) is 9.18 Å². The molecule has 20 heavy (non-hydrogen) atoms. The molecule has 0 saturated heterocycles. The van der Waals surface area contributed by atoms with E-state index in [4.69, 9.17) is 10.00 Å². The smallest absolute Gasteiger partial charge is 0.242 e. The van der Waals surface area contributed by atoms with Crippen molar-refractivity contribution in [3.63, 3.8) is 0 Å². The highest BCUT2D eigenvalue weighted by Gasteiger charge is 2.14. The van der Waals surface area contributed by atoms with Crippen molar-refractivity contribution in [2.24, 2.45) is 0 Å². The molecule has 1 unspecified atom stereocenters. The quantitative estimate of drug-likeness (QED) is 0.744. The second-order valence-electron chi connectivity index (χ2n) is 4.31. The van der Waals surface area contributed by atoms with E-state index in [-0.39, 0.29) is 17.2 Å². The molecule has 0 spiro atoms. The first kappa shape index (κ1) is 15.9. The molecule has 0 aliphatic rings.